The first-order valence-corrected chi connectivity index (χ1v) is 7.36. The Kier molecular flexibility index (Phi) is 3.40. The van der Waals surface area contributed by atoms with Crippen LogP contribution in [0.25, 0.3) is 21.0 Å². The number of nitrogens with zero attached hydrogens (tertiary/aromatic N) is 1. The lowest BCUT2D eigenvalue weighted by Crippen LogP contribution is -2.29. The number of hydrogen-bond donors (Lipinski definition) is 1. The minimum absolute atomic E-state index is 1.01. The summed E-state index contributed by atoms with van der Waals surface area (Å²) in [4.78, 5) is 1.21. The van der Waals surface area contributed by atoms with E-state index in [1.807, 2.05) is 12.1 Å². The van der Waals surface area contributed by atoms with Crippen LogP contribution in [-0.2, 0) is 7.05 Å². The molecule has 19 heavy (non-hydrogen) atoms. The molecule has 0 N–H and O–H groups in total. The highest BCUT2D eigenvalue weighted by Gasteiger charge is 2.22. The molecule has 1 heterocycles. The summed E-state index contributed by atoms with van der Waals surface area (Å²) in [5.41, 5.74) is 2.45. The van der Waals surface area contributed by atoms with Crippen molar-refractivity contribution in [2.75, 3.05) is 0 Å². The Morgan fingerprint density at radius 1 is 0.842 bits per heavy atom. The largest absolute Gasteiger partial charge is 0.270 e. The summed E-state index contributed by atoms with van der Waals surface area (Å²) in [6.45, 7) is 0. The summed E-state index contributed by atoms with van der Waals surface area (Å²) in [5, 5.41) is 2.24. The van der Waals surface area contributed by atoms with Crippen molar-refractivity contribution in [1.82, 2.24) is 0 Å². The van der Waals surface area contributed by atoms with Crippen molar-refractivity contribution in [1.29, 1.82) is 0 Å². The van der Waals surface area contributed by atoms with E-state index >= 15 is 0 Å². The highest BCUT2D eigenvalue weighted by molar-refractivity contribution is 7.80. The molecule has 1 nitrogen and oxygen atoms in total. The molecule has 0 unspecified atom stereocenters. The molecule has 3 heteroatoms. The van der Waals surface area contributed by atoms with Gasteiger partial charge in [-0.1, -0.05) is 72.5 Å². The number of aromatic nitrogens is 1. The maximum absolute atomic E-state index is 4.67. The van der Waals surface area contributed by atoms with Gasteiger partial charge in [-0.3, -0.25) is 0 Å². The lowest BCUT2D eigenvalue weighted by Gasteiger charge is -1.93. The van der Waals surface area contributed by atoms with Gasteiger partial charge in [-0.15, -0.1) is 0 Å². The Bertz CT molecular complexity index is 628. The van der Waals surface area contributed by atoms with Crippen molar-refractivity contribution >= 4 is 24.0 Å². The van der Waals surface area contributed by atoms with Crippen LogP contribution in [0.4, 0.5) is 0 Å². The van der Waals surface area contributed by atoms with E-state index in [2.05, 4.69) is 72.8 Å². The molecule has 0 spiro atoms. The number of thiol groups is 1. The van der Waals surface area contributed by atoms with Gasteiger partial charge in [0, 0.05) is 0 Å². The molecule has 3 aromatic rings. The maximum Gasteiger partial charge on any atom is 0.270 e. The van der Waals surface area contributed by atoms with Crippen LogP contribution in [0.15, 0.2) is 65.7 Å². The summed E-state index contributed by atoms with van der Waals surface area (Å²) < 4.78 is 2.14. The van der Waals surface area contributed by atoms with Crippen LogP contribution in [-0.4, -0.2) is 0 Å². The topological polar surface area (TPSA) is 3.88 Å². The molecule has 0 saturated carbocycles. The van der Waals surface area contributed by atoms with Crippen LogP contribution in [0.5, 0.6) is 0 Å². The molecular weight excluding hydrogens is 270 g/mol. The predicted octanol–water partition coefficient (Wildman–Crippen LogP) is 4.20. The van der Waals surface area contributed by atoms with E-state index in [1.165, 1.54) is 21.0 Å². The number of thiazole rings is 1. The van der Waals surface area contributed by atoms with E-state index < -0.39 is 0 Å². The molecule has 0 fully saturated rings. The normalized spacial score (nSPS) is 10.6. The summed E-state index contributed by atoms with van der Waals surface area (Å²) in [5.74, 6) is 0. The molecule has 0 saturated heterocycles. The molecule has 3 rings (SSSR count). The van der Waals surface area contributed by atoms with Crippen LogP contribution in [0, 0.1) is 0 Å². The number of hydrogen-bond acceptors (Lipinski definition) is 2. The second kappa shape index (κ2) is 5.19. The van der Waals surface area contributed by atoms with Crippen molar-refractivity contribution < 1.29 is 4.57 Å². The van der Waals surface area contributed by atoms with E-state index in [0.717, 1.165) is 5.03 Å². The van der Waals surface area contributed by atoms with Gasteiger partial charge in [-0.05, 0) is 17.7 Å². The summed E-state index contributed by atoms with van der Waals surface area (Å²) >= 11 is 6.45. The minimum Gasteiger partial charge on any atom is -0.179 e. The van der Waals surface area contributed by atoms with Gasteiger partial charge in [0.15, 0.2) is 0 Å². The quantitative estimate of drug-likeness (QED) is 0.531. The molecule has 0 aliphatic heterocycles. The molecule has 0 amide bonds. The fourth-order valence-corrected chi connectivity index (χ4v) is 3.66. The lowest BCUT2D eigenvalue weighted by molar-refractivity contribution is -0.692. The third kappa shape index (κ3) is 2.31. The Balaban J connectivity index is 2.16. The first kappa shape index (κ1) is 12.5. The van der Waals surface area contributed by atoms with Crippen LogP contribution in [0.2, 0.25) is 0 Å². The third-order valence-electron chi connectivity index (χ3n) is 3.08. The van der Waals surface area contributed by atoms with Gasteiger partial charge in [0.05, 0.1) is 5.56 Å². The molecule has 0 radical (unpaired) electrons. The molecule has 2 aromatic carbocycles. The Morgan fingerprint density at radius 3 is 1.95 bits per heavy atom. The van der Waals surface area contributed by atoms with Gasteiger partial charge in [0.1, 0.15) is 11.9 Å². The van der Waals surface area contributed by atoms with Crippen molar-refractivity contribution in [2.45, 2.75) is 5.03 Å². The number of rotatable bonds is 2. The van der Waals surface area contributed by atoms with Crippen LogP contribution in [0.1, 0.15) is 0 Å². The minimum atomic E-state index is 1.01. The Hall–Kier alpha value is -1.58. The van der Waals surface area contributed by atoms with E-state index in [-0.39, 0.29) is 0 Å². The fourth-order valence-electron chi connectivity index (χ4n) is 2.07. The monoisotopic (exact) mass is 284 g/mol. The predicted molar refractivity (Wildman–Crippen MR) is 83.6 cm³/mol. The van der Waals surface area contributed by atoms with E-state index in [1.54, 1.807) is 11.3 Å². The van der Waals surface area contributed by atoms with Gasteiger partial charge in [0.2, 0.25) is 0 Å². The fraction of sp³-hybridized carbons (Fsp3) is 0.0625. The Morgan fingerprint density at radius 2 is 1.37 bits per heavy atom. The summed E-state index contributed by atoms with van der Waals surface area (Å²) in [6.07, 6.45) is 0. The molecule has 0 aliphatic rings. The molecular formula is C16H14NS2+. The number of benzene rings is 2. The van der Waals surface area contributed by atoms with E-state index in [0.29, 0.717) is 0 Å². The molecule has 0 aliphatic carbocycles. The van der Waals surface area contributed by atoms with Gasteiger partial charge in [0.25, 0.3) is 10.0 Å². The van der Waals surface area contributed by atoms with Crippen molar-refractivity contribution in [2.24, 2.45) is 7.05 Å². The SMILES string of the molecule is C[n+]1c(-c2ccccc2)sc(-c2ccccc2)c1S. The van der Waals surface area contributed by atoms with Crippen LogP contribution < -0.4 is 4.57 Å². The van der Waals surface area contributed by atoms with E-state index in [4.69, 9.17) is 0 Å². The highest BCUT2D eigenvalue weighted by Crippen LogP contribution is 2.35. The smallest absolute Gasteiger partial charge is 0.179 e. The van der Waals surface area contributed by atoms with Crippen LogP contribution in [0.3, 0.4) is 0 Å². The Labute approximate surface area is 122 Å². The first-order valence-electron chi connectivity index (χ1n) is 6.10. The van der Waals surface area contributed by atoms with Gasteiger partial charge < -0.3 is 0 Å². The molecule has 0 atom stereocenters. The average molecular weight is 284 g/mol. The third-order valence-corrected chi connectivity index (χ3v) is 5.09. The van der Waals surface area contributed by atoms with Gasteiger partial charge in [-0.25, -0.2) is 0 Å². The highest BCUT2D eigenvalue weighted by atomic mass is 32.1. The van der Waals surface area contributed by atoms with Gasteiger partial charge >= 0.3 is 0 Å². The van der Waals surface area contributed by atoms with Gasteiger partial charge in [-0.2, -0.15) is 4.57 Å². The zero-order chi connectivity index (χ0) is 13.2. The molecule has 0 bridgehead atoms. The van der Waals surface area contributed by atoms with Crippen molar-refractivity contribution in [3.05, 3.63) is 60.7 Å². The lowest BCUT2D eigenvalue weighted by atomic mass is 10.2. The second-order valence-corrected chi connectivity index (χ2v) is 5.77. The zero-order valence-electron chi connectivity index (χ0n) is 10.6. The first-order chi connectivity index (χ1) is 9.27. The average Bonchev–Trinajstić information content (AvgIpc) is 2.77. The zero-order valence-corrected chi connectivity index (χ0v) is 12.3. The standard InChI is InChI=1S/C16H13NS2/c1-17-15(18)14(12-8-4-2-5-9-12)19-16(17)13-10-6-3-7-11-13/h2-11H,1H3/p+1. The second-order valence-electron chi connectivity index (χ2n) is 4.35. The van der Waals surface area contributed by atoms with Crippen LogP contribution >= 0.6 is 24.0 Å². The summed E-state index contributed by atoms with van der Waals surface area (Å²) in [7, 11) is 2.06. The molecule has 1 aromatic heterocycles. The molecule has 94 valence electrons. The maximum atomic E-state index is 4.67. The summed E-state index contributed by atoms with van der Waals surface area (Å²) in [6, 6.07) is 20.8. The van der Waals surface area contributed by atoms with Crippen molar-refractivity contribution in [3.63, 3.8) is 0 Å². The van der Waals surface area contributed by atoms with Crippen molar-refractivity contribution in [3.8, 4) is 21.0 Å². The van der Waals surface area contributed by atoms with E-state index in [9.17, 15) is 0 Å².